The van der Waals surface area contributed by atoms with E-state index in [1.807, 2.05) is 24.0 Å². The summed E-state index contributed by atoms with van der Waals surface area (Å²) in [5, 5.41) is 7.12. The van der Waals surface area contributed by atoms with Gasteiger partial charge in [0.05, 0.1) is 12.6 Å². The van der Waals surface area contributed by atoms with Crippen LogP contribution in [0.5, 0.6) is 0 Å². The van der Waals surface area contributed by atoms with E-state index in [2.05, 4.69) is 4.98 Å². The van der Waals surface area contributed by atoms with Gasteiger partial charge in [-0.2, -0.15) is 13.2 Å². The molecule has 0 bridgehead atoms. The lowest BCUT2D eigenvalue weighted by molar-refractivity contribution is -0.192. The van der Waals surface area contributed by atoms with Gasteiger partial charge >= 0.3 is 12.1 Å². The monoisotopic (exact) mass is 458 g/mol. The van der Waals surface area contributed by atoms with Crippen molar-refractivity contribution >= 4 is 11.9 Å². The fourth-order valence-corrected chi connectivity index (χ4v) is 4.54. The summed E-state index contributed by atoms with van der Waals surface area (Å²) in [7, 11) is 0. The normalized spacial score (nSPS) is 25.8. The Morgan fingerprint density at radius 2 is 1.91 bits per heavy atom. The molecule has 3 aliphatic rings. The van der Waals surface area contributed by atoms with E-state index in [-0.39, 0.29) is 24.2 Å². The van der Waals surface area contributed by atoms with Crippen molar-refractivity contribution in [3.63, 3.8) is 0 Å². The standard InChI is InChI=1S/C20H28N2O3.C2HF3O2/c1-14-6-4-9-16(21-14)20(23)22-12-18(19-17(22)10-5-11-24-19)25-13-15-7-2-3-8-15;3-2(4,5)1(6)7/h4,6,9,15,17-19H,2-3,5,7-8,10-13H2,1H3;(H,6,7)/t17-,18-,19+;/m1./s1. The summed E-state index contributed by atoms with van der Waals surface area (Å²) in [6, 6.07) is 5.74. The van der Waals surface area contributed by atoms with Crippen molar-refractivity contribution in [1.82, 2.24) is 9.88 Å². The first-order valence-electron chi connectivity index (χ1n) is 10.9. The third-order valence-electron chi connectivity index (χ3n) is 6.11. The number of alkyl halides is 3. The molecule has 1 aliphatic carbocycles. The topological polar surface area (TPSA) is 89.0 Å². The van der Waals surface area contributed by atoms with Gasteiger partial charge in [0.1, 0.15) is 17.9 Å². The van der Waals surface area contributed by atoms with Gasteiger partial charge in [0.2, 0.25) is 0 Å². The fraction of sp³-hybridized carbons (Fsp3) is 0.682. The molecule has 3 fully saturated rings. The number of amides is 1. The van der Waals surface area contributed by atoms with Crippen LogP contribution in [0, 0.1) is 12.8 Å². The zero-order valence-corrected chi connectivity index (χ0v) is 18.0. The first-order chi connectivity index (χ1) is 15.2. The van der Waals surface area contributed by atoms with Crippen molar-refractivity contribution in [1.29, 1.82) is 0 Å². The van der Waals surface area contributed by atoms with E-state index in [0.29, 0.717) is 18.2 Å². The summed E-state index contributed by atoms with van der Waals surface area (Å²) in [4.78, 5) is 28.3. The number of aryl methyl sites for hydroxylation is 1. The number of halogens is 3. The number of likely N-dealkylation sites (tertiary alicyclic amines) is 1. The van der Waals surface area contributed by atoms with Gasteiger partial charge in [0.15, 0.2) is 0 Å². The number of carboxylic acids is 1. The van der Waals surface area contributed by atoms with Crippen LogP contribution in [0.4, 0.5) is 13.2 Å². The van der Waals surface area contributed by atoms with Crippen LogP contribution >= 0.6 is 0 Å². The van der Waals surface area contributed by atoms with Crippen LogP contribution < -0.4 is 0 Å². The summed E-state index contributed by atoms with van der Waals surface area (Å²) in [6.07, 6.45) is 2.13. The molecule has 3 heterocycles. The minimum absolute atomic E-state index is 0.000316. The molecule has 0 spiro atoms. The smallest absolute Gasteiger partial charge is 0.475 e. The predicted molar refractivity (Wildman–Crippen MR) is 108 cm³/mol. The number of fused-ring (bicyclic) bond motifs is 1. The van der Waals surface area contributed by atoms with E-state index < -0.39 is 12.1 Å². The number of ether oxygens (including phenoxy) is 2. The first-order valence-corrected chi connectivity index (χ1v) is 10.9. The zero-order chi connectivity index (χ0) is 23.3. The Morgan fingerprint density at radius 3 is 2.53 bits per heavy atom. The quantitative estimate of drug-likeness (QED) is 0.742. The van der Waals surface area contributed by atoms with Crippen LogP contribution in [0.25, 0.3) is 0 Å². The summed E-state index contributed by atoms with van der Waals surface area (Å²) in [5.74, 6) is -2.06. The largest absolute Gasteiger partial charge is 0.490 e. The highest BCUT2D eigenvalue weighted by atomic mass is 19.4. The predicted octanol–water partition coefficient (Wildman–Crippen LogP) is 3.60. The lowest BCUT2D eigenvalue weighted by atomic mass is 10.0. The molecule has 32 heavy (non-hydrogen) atoms. The summed E-state index contributed by atoms with van der Waals surface area (Å²) in [5.41, 5.74) is 1.40. The second kappa shape index (κ2) is 10.6. The van der Waals surface area contributed by atoms with Crippen molar-refractivity contribution in [3.05, 3.63) is 29.6 Å². The van der Waals surface area contributed by atoms with Gasteiger partial charge in [0.25, 0.3) is 5.91 Å². The number of carboxylic acid groups (broad SMARTS) is 1. The summed E-state index contributed by atoms with van der Waals surface area (Å²) >= 11 is 0. The number of nitrogens with zero attached hydrogens (tertiary/aromatic N) is 2. The number of hydrogen-bond donors (Lipinski definition) is 1. The Bertz CT molecular complexity index is 798. The zero-order valence-electron chi connectivity index (χ0n) is 18.0. The Kier molecular flexibility index (Phi) is 8.10. The number of carbonyl (C=O) groups excluding carboxylic acids is 1. The van der Waals surface area contributed by atoms with Crippen molar-refractivity contribution in [2.45, 2.75) is 69.9 Å². The Labute approximate surface area is 184 Å². The van der Waals surface area contributed by atoms with Gasteiger partial charge < -0.3 is 19.5 Å². The maximum absolute atomic E-state index is 13.0. The van der Waals surface area contributed by atoms with E-state index in [9.17, 15) is 18.0 Å². The highest BCUT2D eigenvalue weighted by Gasteiger charge is 2.47. The molecular formula is C22H29F3N2O5. The molecule has 2 aliphatic heterocycles. The van der Waals surface area contributed by atoms with Gasteiger partial charge in [-0.05, 0) is 50.7 Å². The van der Waals surface area contributed by atoms with Gasteiger partial charge in [-0.1, -0.05) is 18.9 Å². The fourth-order valence-electron chi connectivity index (χ4n) is 4.54. The van der Waals surface area contributed by atoms with Gasteiger partial charge in [0, 0.05) is 18.9 Å². The van der Waals surface area contributed by atoms with Gasteiger partial charge in [-0.15, -0.1) is 0 Å². The Hall–Kier alpha value is -2.20. The number of pyridine rings is 1. The highest BCUT2D eigenvalue weighted by molar-refractivity contribution is 5.93. The van der Waals surface area contributed by atoms with Crippen LogP contribution in [0.1, 0.15) is 54.7 Å². The number of carbonyl (C=O) groups is 2. The minimum Gasteiger partial charge on any atom is -0.475 e. The maximum atomic E-state index is 13.0. The Balaban J connectivity index is 0.000000360. The molecule has 0 unspecified atom stereocenters. The molecule has 178 valence electrons. The number of aromatic nitrogens is 1. The molecule has 0 radical (unpaired) electrons. The SMILES string of the molecule is Cc1cccc(C(=O)N2C[C@@H](OCC3CCCC3)[C@H]3OCCC[C@H]32)n1.O=C(O)C(F)(F)F. The molecule has 4 rings (SSSR count). The second-order valence-corrected chi connectivity index (χ2v) is 8.49. The average Bonchev–Trinajstić information content (AvgIpc) is 3.39. The minimum atomic E-state index is -5.08. The van der Waals surface area contributed by atoms with E-state index >= 15 is 0 Å². The molecule has 1 amide bonds. The van der Waals surface area contributed by atoms with Crippen LogP contribution in [-0.4, -0.2) is 71.1 Å². The molecule has 2 saturated heterocycles. The summed E-state index contributed by atoms with van der Waals surface area (Å²) < 4.78 is 44.0. The van der Waals surface area contributed by atoms with Crippen molar-refractivity contribution in [2.75, 3.05) is 19.8 Å². The molecule has 3 atom stereocenters. The van der Waals surface area contributed by atoms with E-state index in [1.54, 1.807) is 6.07 Å². The number of aliphatic carboxylic acids is 1. The first kappa shape index (κ1) is 24.4. The van der Waals surface area contributed by atoms with Gasteiger partial charge in [-0.3, -0.25) is 4.79 Å². The summed E-state index contributed by atoms with van der Waals surface area (Å²) in [6.45, 7) is 4.12. The molecule has 0 aromatic carbocycles. The number of rotatable bonds is 4. The molecule has 1 aromatic rings. The molecular weight excluding hydrogens is 429 g/mol. The number of hydrogen-bond acceptors (Lipinski definition) is 5. The molecule has 1 saturated carbocycles. The van der Waals surface area contributed by atoms with Crippen molar-refractivity contribution in [3.8, 4) is 0 Å². The highest BCUT2D eigenvalue weighted by Crippen LogP contribution is 2.33. The lowest BCUT2D eigenvalue weighted by Gasteiger charge is -2.32. The van der Waals surface area contributed by atoms with E-state index in [4.69, 9.17) is 19.4 Å². The van der Waals surface area contributed by atoms with Crippen molar-refractivity contribution < 1.29 is 37.3 Å². The third kappa shape index (κ3) is 6.19. The molecule has 1 aromatic heterocycles. The molecule has 10 heteroatoms. The van der Waals surface area contributed by atoms with E-state index in [1.165, 1.54) is 25.7 Å². The average molecular weight is 458 g/mol. The second-order valence-electron chi connectivity index (χ2n) is 8.49. The van der Waals surface area contributed by atoms with Crippen LogP contribution in [0.2, 0.25) is 0 Å². The van der Waals surface area contributed by atoms with Crippen LogP contribution in [0.3, 0.4) is 0 Å². The van der Waals surface area contributed by atoms with Crippen molar-refractivity contribution in [2.24, 2.45) is 5.92 Å². The van der Waals surface area contributed by atoms with E-state index in [0.717, 1.165) is 31.7 Å². The van der Waals surface area contributed by atoms with Crippen LogP contribution in [0.15, 0.2) is 18.2 Å². The third-order valence-corrected chi connectivity index (χ3v) is 6.11. The maximum Gasteiger partial charge on any atom is 0.490 e. The van der Waals surface area contributed by atoms with Gasteiger partial charge in [-0.25, -0.2) is 9.78 Å². The van der Waals surface area contributed by atoms with Crippen LogP contribution in [-0.2, 0) is 14.3 Å². The Morgan fingerprint density at radius 1 is 1.22 bits per heavy atom. The molecule has 7 nitrogen and oxygen atoms in total. The lowest BCUT2D eigenvalue weighted by Crippen LogP contribution is -2.44. The molecule has 1 N–H and O–H groups in total.